The number of nitrogens with one attached hydrogen (secondary N) is 1. The van der Waals surface area contributed by atoms with Crippen LogP contribution < -0.4 is 17.7 Å². The van der Waals surface area contributed by atoms with Crippen molar-refractivity contribution in [2.24, 2.45) is 0 Å². The number of hydrogen-bond acceptors (Lipinski definition) is 2. The molecule has 2 nitrogen and oxygen atoms in total. The van der Waals surface area contributed by atoms with Gasteiger partial charge in [0.2, 0.25) is 0 Å². The first-order valence-corrected chi connectivity index (χ1v) is 6.28. The van der Waals surface area contributed by atoms with Crippen LogP contribution in [0.3, 0.4) is 0 Å². The Morgan fingerprint density at radius 2 is 2.18 bits per heavy atom. The van der Waals surface area contributed by atoms with Crippen molar-refractivity contribution < 1.29 is 17.1 Å². The van der Waals surface area contributed by atoms with E-state index in [1.165, 1.54) is 6.42 Å². The van der Waals surface area contributed by atoms with Gasteiger partial charge < -0.3 is 22.5 Å². The molecule has 1 heterocycles. The largest absolute Gasteiger partial charge is 1.00 e. The Bertz CT molecular complexity index is 354. The van der Waals surface area contributed by atoms with Crippen molar-refractivity contribution in [1.82, 2.24) is 5.32 Å². The summed E-state index contributed by atoms with van der Waals surface area (Å²) in [5, 5.41) is 4.60. The Hall–Kier alpha value is 0.01000. The van der Waals surface area contributed by atoms with E-state index in [1.54, 1.807) is 6.07 Å². The molecule has 0 bridgehead atoms. The van der Waals surface area contributed by atoms with Crippen molar-refractivity contribution in [1.29, 1.82) is 0 Å². The molecule has 1 fully saturated rings. The molecule has 0 spiro atoms. The first-order valence-electron chi connectivity index (χ1n) is 5.52. The van der Waals surface area contributed by atoms with Crippen LogP contribution in [0.25, 0.3) is 0 Å². The van der Waals surface area contributed by atoms with Gasteiger partial charge in [0.25, 0.3) is 0 Å². The first kappa shape index (κ1) is 15.1. The standard InChI is InChI=1S/C12H15Cl2NO.ClH/c13-11-5-1-3-9(12(11)14)7-15-8-10-4-2-6-16-10;/h1,3,5,10,15H,2,4,6-8H2;1H/p-1. The number of hydrogen-bond donors (Lipinski definition) is 1. The van der Waals surface area contributed by atoms with Crippen LogP contribution in [0, 0.1) is 0 Å². The Morgan fingerprint density at radius 1 is 1.35 bits per heavy atom. The maximum atomic E-state index is 6.09. The zero-order valence-corrected chi connectivity index (χ0v) is 11.7. The number of halogens is 3. The average molecular weight is 296 g/mol. The summed E-state index contributed by atoms with van der Waals surface area (Å²) < 4.78 is 5.52. The molecular weight excluding hydrogens is 280 g/mol. The second-order valence-corrected chi connectivity index (χ2v) is 4.76. The molecule has 96 valence electrons. The summed E-state index contributed by atoms with van der Waals surface area (Å²) in [6.07, 6.45) is 2.68. The predicted molar refractivity (Wildman–Crippen MR) is 67.1 cm³/mol. The fourth-order valence-electron chi connectivity index (χ4n) is 1.86. The molecule has 2 rings (SSSR count). The highest BCUT2D eigenvalue weighted by atomic mass is 35.5. The Kier molecular flexibility index (Phi) is 6.60. The molecule has 1 aromatic carbocycles. The molecule has 0 aliphatic carbocycles. The zero-order chi connectivity index (χ0) is 11.4. The SMILES string of the molecule is Clc1cccc(CNCC2CCCO2)c1Cl.[Cl-]. The van der Waals surface area contributed by atoms with Crippen LogP contribution in [-0.2, 0) is 11.3 Å². The second-order valence-electron chi connectivity index (χ2n) is 3.98. The van der Waals surface area contributed by atoms with Crippen molar-refractivity contribution in [3.8, 4) is 0 Å². The number of ether oxygens (including phenoxy) is 1. The third-order valence-electron chi connectivity index (χ3n) is 2.74. The summed E-state index contributed by atoms with van der Waals surface area (Å²) in [5.41, 5.74) is 1.03. The number of rotatable bonds is 4. The molecule has 1 aliphatic rings. The minimum atomic E-state index is 0. The van der Waals surface area contributed by atoms with E-state index in [1.807, 2.05) is 12.1 Å². The molecule has 0 saturated carbocycles. The third kappa shape index (κ3) is 4.31. The minimum absolute atomic E-state index is 0. The van der Waals surface area contributed by atoms with Gasteiger partial charge in [-0.25, -0.2) is 0 Å². The summed E-state index contributed by atoms with van der Waals surface area (Å²) in [5.74, 6) is 0. The van der Waals surface area contributed by atoms with Crippen LogP contribution in [0.5, 0.6) is 0 Å². The highest BCUT2D eigenvalue weighted by molar-refractivity contribution is 6.42. The molecule has 1 atom stereocenters. The van der Waals surface area contributed by atoms with Gasteiger partial charge in [0.1, 0.15) is 0 Å². The van der Waals surface area contributed by atoms with Gasteiger partial charge >= 0.3 is 0 Å². The van der Waals surface area contributed by atoms with Crippen molar-refractivity contribution >= 4 is 23.2 Å². The monoisotopic (exact) mass is 294 g/mol. The van der Waals surface area contributed by atoms with Gasteiger partial charge in [-0.2, -0.15) is 0 Å². The summed E-state index contributed by atoms with van der Waals surface area (Å²) in [6, 6.07) is 5.70. The predicted octanol–water partition coefficient (Wildman–Crippen LogP) is 0.266. The fourth-order valence-corrected chi connectivity index (χ4v) is 2.25. The van der Waals surface area contributed by atoms with Gasteiger partial charge in [-0.15, -0.1) is 0 Å². The van der Waals surface area contributed by atoms with Crippen molar-refractivity contribution in [3.63, 3.8) is 0 Å². The lowest BCUT2D eigenvalue weighted by molar-refractivity contribution is -0.00000441. The average Bonchev–Trinajstić information content (AvgIpc) is 2.77. The smallest absolute Gasteiger partial charge is 0.0700 e. The maximum absolute atomic E-state index is 6.09. The van der Waals surface area contributed by atoms with E-state index in [0.29, 0.717) is 16.1 Å². The fraction of sp³-hybridized carbons (Fsp3) is 0.500. The van der Waals surface area contributed by atoms with Gasteiger partial charge in [-0.3, -0.25) is 0 Å². The Balaban J connectivity index is 0.00000144. The topological polar surface area (TPSA) is 21.3 Å². The Labute approximate surface area is 118 Å². The lowest BCUT2D eigenvalue weighted by atomic mass is 10.2. The second kappa shape index (κ2) is 7.45. The first-order chi connectivity index (χ1) is 7.77. The lowest BCUT2D eigenvalue weighted by Crippen LogP contribution is -3.00. The quantitative estimate of drug-likeness (QED) is 0.861. The highest BCUT2D eigenvalue weighted by Gasteiger charge is 2.14. The van der Waals surface area contributed by atoms with Crippen LogP contribution in [0.15, 0.2) is 18.2 Å². The van der Waals surface area contributed by atoms with Crippen molar-refractivity contribution in [2.75, 3.05) is 13.2 Å². The van der Waals surface area contributed by atoms with E-state index in [2.05, 4.69) is 5.32 Å². The summed E-state index contributed by atoms with van der Waals surface area (Å²) in [7, 11) is 0. The van der Waals surface area contributed by atoms with Crippen LogP contribution in [0.1, 0.15) is 18.4 Å². The van der Waals surface area contributed by atoms with Crippen LogP contribution >= 0.6 is 23.2 Å². The van der Waals surface area contributed by atoms with Crippen molar-refractivity contribution in [3.05, 3.63) is 33.8 Å². The third-order valence-corrected chi connectivity index (χ3v) is 3.60. The van der Waals surface area contributed by atoms with Crippen LogP contribution in [-0.4, -0.2) is 19.3 Å². The number of benzene rings is 1. The van der Waals surface area contributed by atoms with Gasteiger partial charge in [0.05, 0.1) is 16.1 Å². The minimum Gasteiger partial charge on any atom is -1.00 e. The molecular formula is C12H15Cl3NO-. The molecule has 1 aliphatic heterocycles. The normalized spacial score (nSPS) is 19.1. The lowest BCUT2D eigenvalue weighted by Gasteiger charge is -2.11. The molecule has 1 aromatic rings. The summed E-state index contributed by atoms with van der Waals surface area (Å²) in [6.45, 7) is 2.51. The van der Waals surface area contributed by atoms with E-state index < -0.39 is 0 Å². The molecule has 1 N–H and O–H groups in total. The van der Waals surface area contributed by atoms with Crippen LogP contribution in [0.2, 0.25) is 10.0 Å². The van der Waals surface area contributed by atoms with Gasteiger partial charge in [0.15, 0.2) is 0 Å². The molecule has 17 heavy (non-hydrogen) atoms. The molecule has 0 amide bonds. The Morgan fingerprint density at radius 3 is 2.88 bits per heavy atom. The summed E-state index contributed by atoms with van der Waals surface area (Å²) in [4.78, 5) is 0. The zero-order valence-electron chi connectivity index (χ0n) is 9.39. The molecule has 0 radical (unpaired) electrons. The maximum Gasteiger partial charge on any atom is 0.0700 e. The van der Waals surface area contributed by atoms with Gasteiger partial charge in [-0.1, -0.05) is 35.3 Å². The molecule has 0 aromatic heterocycles. The van der Waals surface area contributed by atoms with Crippen LogP contribution in [0.4, 0.5) is 0 Å². The summed E-state index contributed by atoms with van der Waals surface area (Å²) >= 11 is 12.0. The van der Waals surface area contributed by atoms with Crippen molar-refractivity contribution in [2.45, 2.75) is 25.5 Å². The van der Waals surface area contributed by atoms with E-state index >= 15 is 0 Å². The van der Waals surface area contributed by atoms with E-state index in [9.17, 15) is 0 Å². The molecule has 1 saturated heterocycles. The molecule has 1 unspecified atom stereocenters. The highest BCUT2D eigenvalue weighted by Crippen LogP contribution is 2.25. The van der Waals surface area contributed by atoms with Gasteiger partial charge in [0, 0.05) is 19.7 Å². The van der Waals surface area contributed by atoms with E-state index in [4.69, 9.17) is 27.9 Å². The molecule has 5 heteroatoms. The van der Waals surface area contributed by atoms with Gasteiger partial charge in [-0.05, 0) is 24.5 Å². The van der Waals surface area contributed by atoms with E-state index in [0.717, 1.165) is 31.7 Å². The van der Waals surface area contributed by atoms with E-state index in [-0.39, 0.29) is 12.4 Å².